The summed E-state index contributed by atoms with van der Waals surface area (Å²) in [6.45, 7) is 9.87. The van der Waals surface area contributed by atoms with Crippen LogP contribution < -0.4 is 14.8 Å². The minimum atomic E-state index is -3.75. The maximum atomic E-state index is 12.9. The Labute approximate surface area is 190 Å². The van der Waals surface area contributed by atoms with Crippen LogP contribution in [0.15, 0.2) is 29.2 Å². The minimum absolute atomic E-state index is 0.00555. The Kier molecular flexibility index (Phi) is 8.81. The molecule has 0 bridgehead atoms. The quantitative estimate of drug-likeness (QED) is 0.519. The van der Waals surface area contributed by atoms with Gasteiger partial charge in [0.25, 0.3) is 0 Å². The maximum Gasteiger partial charge on any atom is 0.241 e. The van der Waals surface area contributed by atoms with Crippen LogP contribution in [0, 0.1) is 45.9 Å². The number of ether oxygens (including phenoxy) is 1. The Hall–Kier alpha value is -2.89. The van der Waals surface area contributed by atoms with Gasteiger partial charge in [-0.1, -0.05) is 6.07 Å². The third-order valence-electron chi connectivity index (χ3n) is 5.66. The first-order valence-electron chi connectivity index (χ1n) is 10.5. The summed E-state index contributed by atoms with van der Waals surface area (Å²) >= 11 is 0. The normalized spacial score (nSPS) is 11.1. The molecular weight excluding hydrogens is 426 g/mol. The van der Waals surface area contributed by atoms with Gasteiger partial charge >= 0.3 is 0 Å². The highest BCUT2D eigenvalue weighted by Gasteiger charge is 2.23. The lowest BCUT2D eigenvalue weighted by Crippen LogP contribution is -2.29. The Morgan fingerprint density at radius 3 is 2.28 bits per heavy atom. The van der Waals surface area contributed by atoms with E-state index in [1.807, 2.05) is 34.6 Å². The summed E-state index contributed by atoms with van der Waals surface area (Å²) in [5.74, 6) is 0.288. The van der Waals surface area contributed by atoms with E-state index in [1.54, 1.807) is 24.3 Å². The second-order valence-corrected chi connectivity index (χ2v) is 9.49. The number of nitrogens with one attached hydrogen (secondary N) is 2. The number of carbonyl (C=O) groups is 1. The minimum Gasteiger partial charge on any atom is -0.493 e. The van der Waals surface area contributed by atoms with Crippen molar-refractivity contribution in [1.29, 1.82) is 5.26 Å². The molecule has 2 rings (SSSR count). The fourth-order valence-electron chi connectivity index (χ4n) is 3.47. The van der Waals surface area contributed by atoms with Crippen molar-refractivity contribution in [2.45, 2.75) is 58.8 Å². The molecule has 172 valence electrons. The summed E-state index contributed by atoms with van der Waals surface area (Å²) in [6.07, 6.45) is 1.05. The number of carbonyl (C=O) groups excluding carboxylic acids is 1. The molecule has 0 radical (unpaired) electrons. The number of benzene rings is 2. The van der Waals surface area contributed by atoms with Gasteiger partial charge in [-0.25, -0.2) is 13.1 Å². The predicted molar refractivity (Wildman–Crippen MR) is 125 cm³/mol. The van der Waals surface area contributed by atoms with Crippen LogP contribution in [0.1, 0.15) is 47.1 Å². The molecule has 2 N–H and O–H groups in total. The highest BCUT2D eigenvalue weighted by atomic mass is 32.2. The van der Waals surface area contributed by atoms with Crippen LogP contribution in [-0.2, 0) is 14.8 Å². The average molecular weight is 458 g/mol. The van der Waals surface area contributed by atoms with Crippen molar-refractivity contribution in [3.8, 4) is 11.8 Å². The SMILES string of the molecule is Cc1c(C)c(C)c(S(=O)(=O)NCCC(=O)Nc2cccc(OCCCC#N)c2)c(C)c1C. The van der Waals surface area contributed by atoms with Crippen LogP contribution in [0.25, 0.3) is 0 Å². The fraction of sp³-hybridized carbons (Fsp3) is 0.417. The molecule has 0 unspecified atom stereocenters. The number of sulfonamides is 1. The molecule has 0 saturated carbocycles. The third kappa shape index (κ3) is 6.31. The molecule has 0 atom stereocenters. The zero-order chi connectivity index (χ0) is 23.9. The van der Waals surface area contributed by atoms with Gasteiger partial charge in [-0.05, 0) is 81.0 Å². The van der Waals surface area contributed by atoms with E-state index in [4.69, 9.17) is 10.00 Å². The van der Waals surface area contributed by atoms with E-state index in [0.29, 0.717) is 35.8 Å². The molecule has 2 aromatic rings. The van der Waals surface area contributed by atoms with Gasteiger partial charge in [0.05, 0.1) is 17.6 Å². The smallest absolute Gasteiger partial charge is 0.241 e. The first kappa shape index (κ1) is 25.4. The number of hydrogen-bond donors (Lipinski definition) is 2. The van der Waals surface area contributed by atoms with Crippen LogP contribution >= 0.6 is 0 Å². The van der Waals surface area contributed by atoms with Crippen molar-refractivity contribution >= 4 is 21.6 Å². The number of nitriles is 1. The first-order valence-corrected chi connectivity index (χ1v) is 12.0. The van der Waals surface area contributed by atoms with Crippen molar-refractivity contribution in [1.82, 2.24) is 4.72 Å². The molecule has 32 heavy (non-hydrogen) atoms. The van der Waals surface area contributed by atoms with Gasteiger partial charge in [0.15, 0.2) is 0 Å². The number of rotatable bonds is 10. The summed E-state index contributed by atoms with van der Waals surface area (Å²) in [7, 11) is -3.75. The molecule has 0 spiro atoms. The number of hydrogen-bond acceptors (Lipinski definition) is 5. The second kappa shape index (κ2) is 11.1. The highest BCUT2D eigenvalue weighted by Crippen LogP contribution is 2.29. The zero-order valence-corrected chi connectivity index (χ0v) is 20.1. The molecule has 8 heteroatoms. The number of amides is 1. The Morgan fingerprint density at radius 1 is 1.03 bits per heavy atom. The molecule has 2 aromatic carbocycles. The standard InChI is InChI=1S/C24H31N3O4S/c1-16-17(2)19(4)24(20(5)18(16)3)32(29,30)26-13-11-23(28)27-21-9-8-10-22(15-21)31-14-7-6-12-25/h8-10,15,26H,6-7,11,13-14H2,1-5H3,(H,27,28). The van der Waals surface area contributed by atoms with Crippen molar-refractivity contribution in [3.63, 3.8) is 0 Å². The molecular formula is C24H31N3O4S. The van der Waals surface area contributed by atoms with Crippen molar-refractivity contribution in [2.75, 3.05) is 18.5 Å². The summed E-state index contributed by atoms with van der Waals surface area (Å²) < 4.78 is 34.0. The molecule has 7 nitrogen and oxygen atoms in total. The summed E-state index contributed by atoms with van der Waals surface area (Å²) in [4.78, 5) is 12.6. The van der Waals surface area contributed by atoms with Gasteiger partial charge in [-0.3, -0.25) is 4.79 Å². The first-order chi connectivity index (χ1) is 15.1. The van der Waals surface area contributed by atoms with Crippen LogP contribution in [0.4, 0.5) is 5.69 Å². The maximum absolute atomic E-state index is 12.9. The van der Waals surface area contributed by atoms with Crippen molar-refractivity contribution in [3.05, 3.63) is 52.1 Å². The monoisotopic (exact) mass is 457 g/mol. The average Bonchev–Trinajstić information content (AvgIpc) is 2.74. The lowest BCUT2D eigenvalue weighted by Gasteiger charge is -2.19. The van der Waals surface area contributed by atoms with Gasteiger partial charge in [0.2, 0.25) is 15.9 Å². The Balaban J connectivity index is 1.97. The largest absolute Gasteiger partial charge is 0.493 e. The van der Waals surface area contributed by atoms with Gasteiger partial charge in [-0.15, -0.1) is 0 Å². The van der Waals surface area contributed by atoms with E-state index in [2.05, 4.69) is 16.1 Å². The van der Waals surface area contributed by atoms with E-state index >= 15 is 0 Å². The lowest BCUT2D eigenvalue weighted by atomic mass is 9.95. The van der Waals surface area contributed by atoms with Crippen LogP contribution in [0.2, 0.25) is 0 Å². The predicted octanol–water partition coefficient (Wildman–Crippen LogP) is 4.22. The van der Waals surface area contributed by atoms with Gasteiger partial charge < -0.3 is 10.1 Å². The Morgan fingerprint density at radius 2 is 1.66 bits per heavy atom. The number of anilines is 1. The van der Waals surface area contributed by atoms with Crippen LogP contribution in [-0.4, -0.2) is 27.5 Å². The second-order valence-electron chi connectivity index (χ2n) is 7.79. The van der Waals surface area contributed by atoms with Crippen LogP contribution in [0.3, 0.4) is 0 Å². The van der Waals surface area contributed by atoms with E-state index in [1.165, 1.54) is 0 Å². The molecule has 0 aliphatic heterocycles. The topological polar surface area (TPSA) is 108 Å². The fourth-order valence-corrected chi connectivity index (χ4v) is 5.10. The number of unbranched alkanes of at least 4 members (excludes halogenated alkanes) is 1. The van der Waals surface area contributed by atoms with E-state index < -0.39 is 10.0 Å². The molecule has 0 fully saturated rings. The van der Waals surface area contributed by atoms with E-state index in [9.17, 15) is 13.2 Å². The van der Waals surface area contributed by atoms with Gasteiger partial charge in [-0.2, -0.15) is 5.26 Å². The van der Waals surface area contributed by atoms with E-state index in [0.717, 1.165) is 27.8 Å². The van der Waals surface area contributed by atoms with Crippen molar-refractivity contribution in [2.24, 2.45) is 0 Å². The van der Waals surface area contributed by atoms with Gasteiger partial charge in [0.1, 0.15) is 5.75 Å². The molecule has 0 heterocycles. The summed E-state index contributed by atoms with van der Waals surface area (Å²) in [5.41, 5.74) is 5.03. The zero-order valence-electron chi connectivity index (χ0n) is 19.3. The molecule has 0 aliphatic carbocycles. The molecule has 1 amide bonds. The highest BCUT2D eigenvalue weighted by molar-refractivity contribution is 7.89. The van der Waals surface area contributed by atoms with Crippen LogP contribution in [0.5, 0.6) is 5.75 Å². The number of nitrogens with zero attached hydrogens (tertiary/aromatic N) is 1. The lowest BCUT2D eigenvalue weighted by molar-refractivity contribution is -0.116. The summed E-state index contributed by atoms with van der Waals surface area (Å²) in [6, 6.07) is 9.01. The van der Waals surface area contributed by atoms with E-state index in [-0.39, 0.29) is 18.9 Å². The van der Waals surface area contributed by atoms with Crippen molar-refractivity contribution < 1.29 is 17.9 Å². The third-order valence-corrected chi connectivity index (χ3v) is 7.40. The van der Waals surface area contributed by atoms with Gasteiger partial charge in [0, 0.05) is 31.1 Å². The molecule has 0 saturated heterocycles. The molecule has 0 aliphatic rings. The Bertz CT molecular complexity index is 1110. The summed E-state index contributed by atoms with van der Waals surface area (Å²) in [5, 5.41) is 11.3. The molecule has 0 aromatic heterocycles.